The van der Waals surface area contributed by atoms with Gasteiger partial charge in [0.1, 0.15) is 0 Å². The van der Waals surface area contributed by atoms with Gasteiger partial charge in [-0.2, -0.15) is 0 Å². The number of rotatable bonds is 4. The SMILES string of the molecule is CCOC(=O)C1(CC(C)=CCl)COCCC1=O. The lowest BCUT2D eigenvalue weighted by Gasteiger charge is -2.33. The summed E-state index contributed by atoms with van der Waals surface area (Å²) in [7, 11) is 0. The van der Waals surface area contributed by atoms with E-state index in [1.54, 1.807) is 13.8 Å². The van der Waals surface area contributed by atoms with E-state index >= 15 is 0 Å². The first kappa shape index (κ1) is 14.2. The van der Waals surface area contributed by atoms with E-state index < -0.39 is 11.4 Å². The molecule has 17 heavy (non-hydrogen) atoms. The van der Waals surface area contributed by atoms with Crippen LogP contribution >= 0.6 is 11.6 Å². The number of hydrogen-bond acceptors (Lipinski definition) is 4. The maximum atomic E-state index is 12.0. The molecular weight excluding hydrogens is 244 g/mol. The highest BCUT2D eigenvalue weighted by atomic mass is 35.5. The monoisotopic (exact) mass is 260 g/mol. The Labute approximate surface area is 106 Å². The summed E-state index contributed by atoms with van der Waals surface area (Å²) < 4.78 is 10.3. The zero-order valence-corrected chi connectivity index (χ0v) is 10.9. The van der Waals surface area contributed by atoms with Gasteiger partial charge in [-0.05, 0) is 20.3 Å². The maximum Gasteiger partial charge on any atom is 0.322 e. The first-order chi connectivity index (χ1) is 8.06. The summed E-state index contributed by atoms with van der Waals surface area (Å²) in [5, 5.41) is 0. The summed E-state index contributed by atoms with van der Waals surface area (Å²) in [6.07, 6.45) is 0.503. The normalized spacial score (nSPS) is 25.8. The Balaban J connectivity index is 2.98. The average molecular weight is 261 g/mol. The Bertz CT molecular complexity index is 337. The summed E-state index contributed by atoms with van der Waals surface area (Å²) in [6, 6.07) is 0. The standard InChI is InChI=1S/C12H17ClO4/c1-3-17-11(15)12(6-9(2)7-13)8-16-5-4-10(12)14/h7H,3-6,8H2,1-2H3. The first-order valence-corrected chi connectivity index (χ1v) is 6.04. The highest BCUT2D eigenvalue weighted by Crippen LogP contribution is 2.34. The molecular formula is C12H17ClO4. The molecule has 1 rings (SSSR count). The molecule has 1 unspecified atom stereocenters. The van der Waals surface area contributed by atoms with Crippen LogP contribution in [0, 0.1) is 5.41 Å². The van der Waals surface area contributed by atoms with Crippen molar-refractivity contribution in [2.75, 3.05) is 19.8 Å². The van der Waals surface area contributed by atoms with Crippen LogP contribution in [-0.4, -0.2) is 31.6 Å². The average Bonchev–Trinajstić information content (AvgIpc) is 2.32. The third-order valence-electron chi connectivity index (χ3n) is 2.79. The molecule has 0 bridgehead atoms. The number of ketones is 1. The highest BCUT2D eigenvalue weighted by Gasteiger charge is 2.48. The number of halogens is 1. The largest absolute Gasteiger partial charge is 0.465 e. The lowest BCUT2D eigenvalue weighted by Crippen LogP contribution is -2.48. The van der Waals surface area contributed by atoms with Gasteiger partial charge in [0.05, 0.1) is 19.8 Å². The van der Waals surface area contributed by atoms with Crippen molar-refractivity contribution in [2.24, 2.45) is 5.41 Å². The molecule has 0 aromatic rings. The molecule has 0 aliphatic carbocycles. The third kappa shape index (κ3) is 3.07. The van der Waals surface area contributed by atoms with Crippen LogP contribution in [-0.2, 0) is 19.1 Å². The first-order valence-electron chi connectivity index (χ1n) is 5.61. The maximum absolute atomic E-state index is 12.0. The van der Waals surface area contributed by atoms with Gasteiger partial charge in [-0.3, -0.25) is 9.59 Å². The zero-order valence-electron chi connectivity index (χ0n) is 10.1. The minimum atomic E-state index is -1.20. The summed E-state index contributed by atoms with van der Waals surface area (Å²) in [6.45, 7) is 4.17. The van der Waals surface area contributed by atoms with Crippen LogP contribution in [0.1, 0.15) is 26.7 Å². The molecule has 0 amide bonds. The third-order valence-corrected chi connectivity index (χ3v) is 3.16. The number of Topliss-reactive ketones (excluding diaryl/α,β-unsaturated/α-hetero) is 1. The van der Waals surface area contributed by atoms with Crippen LogP contribution in [0.2, 0.25) is 0 Å². The zero-order chi connectivity index (χ0) is 12.9. The second-order valence-electron chi connectivity index (χ2n) is 4.16. The Morgan fingerprint density at radius 1 is 1.65 bits per heavy atom. The molecule has 0 saturated carbocycles. The molecule has 1 heterocycles. The molecule has 96 valence electrons. The van der Waals surface area contributed by atoms with Gasteiger partial charge in [0, 0.05) is 12.0 Å². The van der Waals surface area contributed by atoms with Crippen molar-refractivity contribution in [3.05, 3.63) is 11.1 Å². The van der Waals surface area contributed by atoms with Gasteiger partial charge in [0.25, 0.3) is 0 Å². The number of hydrogen-bond donors (Lipinski definition) is 0. The molecule has 4 nitrogen and oxygen atoms in total. The quantitative estimate of drug-likeness (QED) is 0.574. The molecule has 0 spiro atoms. The molecule has 1 aliphatic rings. The number of carbonyl (C=O) groups excluding carboxylic acids is 2. The van der Waals surface area contributed by atoms with Gasteiger partial charge in [-0.15, -0.1) is 0 Å². The molecule has 0 radical (unpaired) electrons. The van der Waals surface area contributed by atoms with Gasteiger partial charge >= 0.3 is 5.97 Å². The molecule has 1 aliphatic heterocycles. The predicted octanol–water partition coefficient (Wildman–Crippen LogP) is 2.06. The number of carbonyl (C=O) groups is 2. The van der Waals surface area contributed by atoms with Crippen LogP contribution in [0.3, 0.4) is 0 Å². The van der Waals surface area contributed by atoms with Crippen LogP contribution in [0.25, 0.3) is 0 Å². The molecule has 0 aromatic heterocycles. The Morgan fingerprint density at radius 2 is 2.35 bits per heavy atom. The summed E-state index contributed by atoms with van der Waals surface area (Å²) in [4.78, 5) is 24.0. The fourth-order valence-corrected chi connectivity index (χ4v) is 1.99. The van der Waals surface area contributed by atoms with Crippen LogP contribution in [0.15, 0.2) is 11.1 Å². The lowest BCUT2D eigenvalue weighted by atomic mass is 9.76. The number of allylic oxidation sites excluding steroid dienone is 1. The van der Waals surface area contributed by atoms with Crippen molar-refractivity contribution >= 4 is 23.4 Å². The Hall–Kier alpha value is -0.870. The molecule has 1 atom stereocenters. The van der Waals surface area contributed by atoms with E-state index in [9.17, 15) is 9.59 Å². The van der Waals surface area contributed by atoms with Crippen LogP contribution in [0.5, 0.6) is 0 Å². The molecule has 1 fully saturated rings. The fourth-order valence-electron chi connectivity index (χ4n) is 1.91. The van der Waals surface area contributed by atoms with E-state index in [1.165, 1.54) is 5.54 Å². The summed E-state index contributed by atoms with van der Waals surface area (Å²) in [5.41, 5.74) is 0.936. The molecule has 0 N–H and O–H groups in total. The number of ether oxygens (including phenoxy) is 2. The van der Waals surface area contributed by atoms with Crippen LogP contribution < -0.4 is 0 Å². The smallest absolute Gasteiger partial charge is 0.322 e. The van der Waals surface area contributed by atoms with Crippen molar-refractivity contribution in [1.29, 1.82) is 0 Å². The molecule has 1 saturated heterocycles. The minimum absolute atomic E-state index is 0.0761. The minimum Gasteiger partial charge on any atom is -0.465 e. The van der Waals surface area contributed by atoms with Crippen molar-refractivity contribution in [1.82, 2.24) is 0 Å². The predicted molar refractivity (Wildman–Crippen MR) is 63.7 cm³/mol. The van der Waals surface area contributed by atoms with Gasteiger partial charge in [-0.1, -0.05) is 17.2 Å². The topological polar surface area (TPSA) is 52.6 Å². The Kier molecular flexibility index (Phi) is 5.15. The van der Waals surface area contributed by atoms with Gasteiger partial charge < -0.3 is 9.47 Å². The van der Waals surface area contributed by atoms with Crippen molar-refractivity contribution < 1.29 is 19.1 Å². The van der Waals surface area contributed by atoms with Crippen LogP contribution in [0.4, 0.5) is 0 Å². The van der Waals surface area contributed by atoms with Crippen molar-refractivity contribution in [2.45, 2.75) is 26.7 Å². The second kappa shape index (κ2) is 6.17. The Morgan fingerprint density at radius 3 is 2.88 bits per heavy atom. The molecule has 0 aromatic carbocycles. The second-order valence-corrected chi connectivity index (χ2v) is 4.38. The van der Waals surface area contributed by atoms with Gasteiger partial charge in [0.2, 0.25) is 0 Å². The van der Waals surface area contributed by atoms with E-state index in [-0.39, 0.29) is 31.8 Å². The van der Waals surface area contributed by atoms with Crippen molar-refractivity contribution in [3.63, 3.8) is 0 Å². The highest BCUT2D eigenvalue weighted by molar-refractivity contribution is 6.25. The van der Waals surface area contributed by atoms with Gasteiger partial charge in [0.15, 0.2) is 11.2 Å². The van der Waals surface area contributed by atoms with E-state index in [0.717, 1.165) is 5.57 Å². The summed E-state index contributed by atoms with van der Waals surface area (Å²) >= 11 is 5.60. The van der Waals surface area contributed by atoms with E-state index in [1.807, 2.05) is 0 Å². The van der Waals surface area contributed by atoms with E-state index in [2.05, 4.69) is 0 Å². The summed E-state index contributed by atoms with van der Waals surface area (Å²) in [5.74, 6) is -0.636. The van der Waals surface area contributed by atoms with Gasteiger partial charge in [-0.25, -0.2) is 0 Å². The van der Waals surface area contributed by atoms with Crippen molar-refractivity contribution in [3.8, 4) is 0 Å². The molecule has 5 heteroatoms. The lowest BCUT2D eigenvalue weighted by molar-refractivity contribution is -0.169. The van der Waals surface area contributed by atoms with E-state index in [0.29, 0.717) is 6.61 Å². The number of esters is 1. The van der Waals surface area contributed by atoms with E-state index in [4.69, 9.17) is 21.1 Å². The fraction of sp³-hybridized carbons (Fsp3) is 0.667.